The Balaban J connectivity index is 2.15. The molecule has 0 saturated heterocycles. The van der Waals surface area contributed by atoms with Gasteiger partial charge in [0, 0.05) is 13.0 Å². The molecule has 1 N–H and O–H groups in total. The molecule has 1 saturated carbocycles. The van der Waals surface area contributed by atoms with Gasteiger partial charge in [-0.25, -0.2) is 0 Å². The predicted molar refractivity (Wildman–Crippen MR) is 75.8 cm³/mol. The van der Waals surface area contributed by atoms with Crippen LogP contribution in [0.25, 0.3) is 0 Å². The van der Waals surface area contributed by atoms with Crippen LogP contribution in [-0.4, -0.2) is 27.8 Å². The predicted octanol–water partition coefficient (Wildman–Crippen LogP) is 2.92. The number of carboxylic acids is 1. The zero-order chi connectivity index (χ0) is 15.5. The average molecular weight is 296 g/mol. The summed E-state index contributed by atoms with van der Waals surface area (Å²) < 4.78 is 10.9. The molecular formula is C15H24N2O4. The zero-order valence-corrected chi connectivity index (χ0v) is 13.0. The minimum Gasteiger partial charge on any atom is -0.481 e. The van der Waals surface area contributed by atoms with Gasteiger partial charge in [-0.05, 0) is 33.6 Å². The molecular weight excluding hydrogens is 272 g/mol. The first-order valence-electron chi connectivity index (χ1n) is 7.60. The molecule has 0 amide bonds. The molecule has 6 nitrogen and oxygen atoms in total. The first-order chi connectivity index (χ1) is 9.89. The Kier molecular flexibility index (Phi) is 4.66. The Labute approximate surface area is 124 Å². The second kappa shape index (κ2) is 6.13. The van der Waals surface area contributed by atoms with Gasteiger partial charge in [-0.3, -0.25) is 4.79 Å². The number of rotatable bonds is 6. The molecule has 0 spiro atoms. The molecule has 6 heteroatoms. The lowest BCUT2D eigenvalue weighted by atomic mass is 9.72. The highest BCUT2D eigenvalue weighted by Crippen LogP contribution is 2.39. The maximum Gasteiger partial charge on any atom is 0.310 e. The number of aliphatic carboxylic acids is 1. The van der Waals surface area contributed by atoms with E-state index >= 15 is 0 Å². The Bertz CT molecular complexity index is 490. The number of hydrogen-bond acceptors (Lipinski definition) is 5. The summed E-state index contributed by atoms with van der Waals surface area (Å²) in [5.74, 6) is 0.101. The summed E-state index contributed by atoms with van der Waals surface area (Å²) >= 11 is 0. The van der Waals surface area contributed by atoms with Crippen molar-refractivity contribution >= 4 is 5.97 Å². The van der Waals surface area contributed by atoms with Gasteiger partial charge < -0.3 is 14.4 Å². The van der Waals surface area contributed by atoms with Crippen molar-refractivity contribution in [3.05, 3.63) is 11.7 Å². The van der Waals surface area contributed by atoms with Gasteiger partial charge in [-0.1, -0.05) is 24.4 Å². The normalized spacial score (nSPS) is 18.6. The largest absolute Gasteiger partial charge is 0.481 e. The third-order valence-corrected chi connectivity index (χ3v) is 4.27. The molecule has 118 valence electrons. The van der Waals surface area contributed by atoms with Gasteiger partial charge in [-0.2, -0.15) is 4.98 Å². The summed E-state index contributed by atoms with van der Waals surface area (Å²) in [7, 11) is 0. The van der Waals surface area contributed by atoms with Crippen LogP contribution in [0.5, 0.6) is 0 Å². The zero-order valence-electron chi connectivity index (χ0n) is 13.0. The Morgan fingerprint density at radius 3 is 2.62 bits per heavy atom. The van der Waals surface area contributed by atoms with Crippen LogP contribution in [0.4, 0.5) is 0 Å². The van der Waals surface area contributed by atoms with Gasteiger partial charge in [0.15, 0.2) is 0 Å². The molecule has 1 aliphatic carbocycles. The average Bonchev–Trinajstić information content (AvgIpc) is 2.89. The monoisotopic (exact) mass is 296 g/mol. The summed E-state index contributed by atoms with van der Waals surface area (Å²) in [6, 6.07) is 0. The highest BCUT2D eigenvalue weighted by molar-refractivity contribution is 5.75. The summed E-state index contributed by atoms with van der Waals surface area (Å²) in [4.78, 5) is 16.0. The van der Waals surface area contributed by atoms with E-state index in [-0.39, 0.29) is 0 Å². The fourth-order valence-corrected chi connectivity index (χ4v) is 2.98. The number of carbonyl (C=O) groups is 1. The van der Waals surface area contributed by atoms with Crippen LogP contribution in [0.2, 0.25) is 0 Å². The number of aromatic nitrogens is 2. The van der Waals surface area contributed by atoms with Gasteiger partial charge in [0.25, 0.3) is 0 Å². The molecule has 1 aromatic heterocycles. The van der Waals surface area contributed by atoms with Crippen molar-refractivity contribution < 1.29 is 19.2 Å². The van der Waals surface area contributed by atoms with E-state index in [0.717, 1.165) is 19.3 Å². The van der Waals surface area contributed by atoms with Gasteiger partial charge in [0.05, 0.1) is 5.41 Å². The summed E-state index contributed by atoms with van der Waals surface area (Å²) in [5, 5.41) is 13.5. The summed E-state index contributed by atoms with van der Waals surface area (Å²) in [6.45, 7) is 6.21. The van der Waals surface area contributed by atoms with E-state index in [2.05, 4.69) is 10.1 Å². The Morgan fingerprint density at radius 1 is 1.38 bits per heavy atom. The third-order valence-electron chi connectivity index (χ3n) is 4.27. The van der Waals surface area contributed by atoms with Crippen molar-refractivity contribution in [3.63, 3.8) is 0 Å². The molecule has 1 aliphatic rings. The molecule has 1 fully saturated rings. The summed E-state index contributed by atoms with van der Waals surface area (Å²) in [5.41, 5.74) is -1.38. The van der Waals surface area contributed by atoms with Crippen LogP contribution >= 0.6 is 0 Å². The molecule has 0 radical (unpaired) electrons. The molecule has 2 rings (SSSR count). The molecule has 1 aromatic rings. The van der Waals surface area contributed by atoms with Crippen LogP contribution in [0, 0.1) is 5.41 Å². The smallest absolute Gasteiger partial charge is 0.310 e. The first kappa shape index (κ1) is 15.9. The lowest BCUT2D eigenvalue weighted by Crippen LogP contribution is -2.35. The molecule has 0 aromatic carbocycles. The van der Waals surface area contributed by atoms with Crippen LogP contribution in [-0.2, 0) is 21.6 Å². The maximum absolute atomic E-state index is 11.7. The van der Waals surface area contributed by atoms with Crippen molar-refractivity contribution in [2.24, 2.45) is 5.41 Å². The van der Waals surface area contributed by atoms with E-state index in [1.54, 1.807) is 0 Å². The quantitative estimate of drug-likeness (QED) is 0.868. The number of hydrogen-bond donors (Lipinski definition) is 1. The first-order valence-corrected chi connectivity index (χ1v) is 7.60. The van der Waals surface area contributed by atoms with Crippen LogP contribution in [0.15, 0.2) is 4.52 Å². The van der Waals surface area contributed by atoms with Crippen molar-refractivity contribution in [2.45, 2.75) is 64.9 Å². The molecule has 0 atom stereocenters. The van der Waals surface area contributed by atoms with Gasteiger partial charge in [0.2, 0.25) is 11.7 Å². The summed E-state index contributed by atoms with van der Waals surface area (Å²) in [6.07, 6.45) is 4.64. The number of ether oxygens (including phenoxy) is 1. The van der Waals surface area contributed by atoms with Gasteiger partial charge in [-0.15, -0.1) is 0 Å². The molecule has 0 bridgehead atoms. The number of carboxylic acid groups (broad SMARTS) is 1. The third kappa shape index (κ3) is 3.43. The minimum atomic E-state index is -0.758. The van der Waals surface area contributed by atoms with E-state index in [1.165, 1.54) is 0 Å². The molecule has 21 heavy (non-hydrogen) atoms. The SMILES string of the molecule is CCOC(C)(C)c1noc(CC2(C(=O)O)CCCCC2)n1. The van der Waals surface area contributed by atoms with Crippen LogP contribution in [0.1, 0.15) is 64.6 Å². The van der Waals surface area contributed by atoms with Gasteiger partial charge >= 0.3 is 5.97 Å². The maximum atomic E-state index is 11.7. The van der Waals surface area contributed by atoms with E-state index < -0.39 is 17.0 Å². The van der Waals surface area contributed by atoms with Crippen LogP contribution < -0.4 is 0 Å². The highest BCUT2D eigenvalue weighted by atomic mass is 16.5. The van der Waals surface area contributed by atoms with E-state index in [4.69, 9.17) is 9.26 Å². The fourth-order valence-electron chi connectivity index (χ4n) is 2.98. The lowest BCUT2D eigenvalue weighted by Gasteiger charge is -2.31. The minimum absolute atomic E-state index is 0.303. The van der Waals surface area contributed by atoms with E-state index in [0.29, 0.717) is 37.6 Å². The lowest BCUT2D eigenvalue weighted by molar-refractivity contribution is -0.151. The second-order valence-electron chi connectivity index (χ2n) is 6.28. The fraction of sp³-hybridized carbons (Fsp3) is 0.800. The van der Waals surface area contributed by atoms with Crippen molar-refractivity contribution in [1.29, 1.82) is 0 Å². The van der Waals surface area contributed by atoms with Crippen molar-refractivity contribution in [1.82, 2.24) is 10.1 Å². The van der Waals surface area contributed by atoms with E-state index in [1.807, 2.05) is 20.8 Å². The highest BCUT2D eigenvalue weighted by Gasteiger charge is 2.41. The van der Waals surface area contributed by atoms with Crippen LogP contribution in [0.3, 0.4) is 0 Å². The standard InChI is InChI=1S/C15H24N2O4/c1-4-20-14(2,3)12-16-11(21-17-12)10-15(13(18)19)8-6-5-7-9-15/h4-10H2,1-3H3,(H,18,19). The topological polar surface area (TPSA) is 85.5 Å². The van der Waals surface area contributed by atoms with Crippen molar-refractivity contribution in [2.75, 3.05) is 6.61 Å². The van der Waals surface area contributed by atoms with Gasteiger partial charge in [0.1, 0.15) is 5.60 Å². The van der Waals surface area contributed by atoms with E-state index in [9.17, 15) is 9.90 Å². The molecule has 0 aliphatic heterocycles. The Hall–Kier alpha value is -1.43. The molecule has 1 heterocycles. The number of nitrogens with zero attached hydrogens (tertiary/aromatic N) is 2. The van der Waals surface area contributed by atoms with Crippen molar-refractivity contribution in [3.8, 4) is 0 Å². The Morgan fingerprint density at radius 2 is 2.05 bits per heavy atom. The second-order valence-corrected chi connectivity index (χ2v) is 6.28. The molecule has 0 unspecified atom stereocenters.